The van der Waals surface area contributed by atoms with E-state index in [-0.39, 0.29) is 32.0 Å². The van der Waals surface area contributed by atoms with Crippen LogP contribution in [0.4, 0.5) is 0 Å². The molecule has 1 aliphatic carbocycles. The molecule has 0 aromatic heterocycles. The zero-order valence-electron chi connectivity index (χ0n) is 5.80. The van der Waals surface area contributed by atoms with Crippen molar-refractivity contribution < 1.29 is 32.0 Å². The largest absolute Gasteiger partial charge is 0.412 e. The van der Waals surface area contributed by atoms with Crippen LogP contribution in [0.15, 0.2) is 0 Å². The topological polar surface area (TPSA) is 101 Å². The number of nitrogens with one attached hydrogen (secondary N) is 1. The number of hydrogen-bond donors (Lipinski definition) is 2. The Balaban J connectivity index is -0.000000163. The van der Waals surface area contributed by atoms with E-state index < -0.39 is 0 Å². The summed E-state index contributed by atoms with van der Waals surface area (Å²) in [5.41, 5.74) is 2.76. The van der Waals surface area contributed by atoms with Crippen molar-refractivity contribution in [2.75, 3.05) is 0 Å². The molecule has 1 aliphatic rings. The van der Waals surface area contributed by atoms with Gasteiger partial charge >= 0.3 is 0 Å². The monoisotopic (exact) mass is 331 g/mol. The third kappa shape index (κ3) is 5.32. The SMILES string of the molecule is NNC1CCCC1.O.O.[Pt]. The van der Waals surface area contributed by atoms with Gasteiger partial charge in [0.25, 0.3) is 0 Å². The second-order valence-electron chi connectivity index (χ2n) is 2.15. The first-order valence-corrected chi connectivity index (χ1v) is 2.89. The van der Waals surface area contributed by atoms with Gasteiger partial charge in [-0.1, -0.05) is 12.8 Å². The average molecular weight is 331 g/mol. The summed E-state index contributed by atoms with van der Waals surface area (Å²) in [6.07, 6.45) is 5.26. The number of nitrogens with two attached hydrogens (primary N) is 1. The third-order valence-corrected chi connectivity index (χ3v) is 1.59. The van der Waals surface area contributed by atoms with Crippen molar-refractivity contribution >= 4 is 0 Å². The fourth-order valence-corrected chi connectivity index (χ4v) is 1.09. The van der Waals surface area contributed by atoms with Gasteiger partial charge in [-0.15, -0.1) is 0 Å². The maximum atomic E-state index is 5.18. The molecule has 68 valence electrons. The molecule has 0 aromatic carbocycles. The van der Waals surface area contributed by atoms with Crippen molar-refractivity contribution in [2.24, 2.45) is 5.84 Å². The molecule has 7 N–H and O–H groups in total. The summed E-state index contributed by atoms with van der Waals surface area (Å²) in [4.78, 5) is 0. The summed E-state index contributed by atoms with van der Waals surface area (Å²) >= 11 is 0. The van der Waals surface area contributed by atoms with Gasteiger partial charge in [-0.05, 0) is 12.8 Å². The van der Waals surface area contributed by atoms with Gasteiger partial charge in [0, 0.05) is 27.1 Å². The summed E-state index contributed by atoms with van der Waals surface area (Å²) in [5.74, 6) is 5.18. The molecule has 0 aliphatic heterocycles. The number of hydrazine groups is 1. The molecule has 0 radical (unpaired) electrons. The minimum atomic E-state index is 0. The molecule has 0 saturated heterocycles. The maximum absolute atomic E-state index is 5.18. The van der Waals surface area contributed by atoms with Gasteiger partial charge < -0.3 is 11.0 Å². The Morgan fingerprint density at radius 3 is 1.70 bits per heavy atom. The molecule has 10 heavy (non-hydrogen) atoms. The molecule has 0 amide bonds. The van der Waals surface area contributed by atoms with Crippen LogP contribution in [0.2, 0.25) is 0 Å². The zero-order valence-corrected chi connectivity index (χ0v) is 8.07. The molecule has 1 rings (SSSR count). The van der Waals surface area contributed by atoms with Crippen molar-refractivity contribution in [3.05, 3.63) is 0 Å². The maximum Gasteiger partial charge on any atom is 0.0210 e. The van der Waals surface area contributed by atoms with E-state index in [1.54, 1.807) is 0 Å². The van der Waals surface area contributed by atoms with E-state index in [0.29, 0.717) is 6.04 Å². The van der Waals surface area contributed by atoms with Crippen molar-refractivity contribution in [1.82, 2.24) is 5.43 Å². The van der Waals surface area contributed by atoms with Crippen LogP contribution < -0.4 is 11.3 Å². The molecule has 0 spiro atoms. The summed E-state index contributed by atoms with van der Waals surface area (Å²) < 4.78 is 0. The first-order chi connectivity index (χ1) is 3.43. The molecular weight excluding hydrogens is 315 g/mol. The van der Waals surface area contributed by atoms with Gasteiger partial charge in [0.15, 0.2) is 0 Å². The first kappa shape index (κ1) is 16.9. The fraction of sp³-hybridized carbons (Fsp3) is 1.00. The van der Waals surface area contributed by atoms with Gasteiger partial charge in [-0.25, -0.2) is 0 Å². The minimum absolute atomic E-state index is 0. The van der Waals surface area contributed by atoms with Gasteiger partial charge in [0.05, 0.1) is 0 Å². The summed E-state index contributed by atoms with van der Waals surface area (Å²) in [5, 5.41) is 0. The van der Waals surface area contributed by atoms with E-state index in [0.717, 1.165) is 0 Å². The molecule has 0 aromatic rings. The van der Waals surface area contributed by atoms with Crippen molar-refractivity contribution in [2.45, 2.75) is 31.7 Å². The third-order valence-electron chi connectivity index (χ3n) is 1.59. The van der Waals surface area contributed by atoms with Gasteiger partial charge in [-0.2, -0.15) is 0 Å². The first-order valence-electron chi connectivity index (χ1n) is 2.89. The molecule has 1 fully saturated rings. The quantitative estimate of drug-likeness (QED) is 0.463. The average Bonchev–Trinajstić information content (AvgIpc) is 2.14. The Kier molecular flexibility index (Phi) is 16.1. The Labute approximate surface area is 75.4 Å². The molecular formula is C5H16N2O2Pt. The smallest absolute Gasteiger partial charge is 0.0210 e. The van der Waals surface area contributed by atoms with Crippen LogP contribution in [0.1, 0.15) is 25.7 Å². The standard InChI is InChI=1S/C5H12N2.2H2O.Pt/c6-7-5-3-1-2-4-5;;;/h5,7H,1-4,6H2;2*1H2;. The summed E-state index contributed by atoms with van der Waals surface area (Å²) in [6, 6.07) is 0.625. The Bertz CT molecular complexity index is 59.6. The summed E-state index contributed by atoms with van der Waals surface area (Å²) in [6.45, 7) is 0. The van der Waals surface area contributed by atoms with Gasteiger partial charge in [-0.3, -0.25) is 11.3 Å². The van der Waals surface area contributed by atoms with Gasteiger partial charge in [0.2, 0.25) is 0 Å². The van der Waals surface area contributed by atoms with Crippen LogP contribution in [-0.4, -0.2) is 17.0 Å². The zero-order chi connectivity index (χ0) is 5.11. The predicted octanol–water partition coefficient (Wildman–Crippen LogP) is -1.26. The van der Waals surface area contributed by atoms with Crippen molar-refractivity contribution in [3.63, 3.8) is 0 Å². The normalized spacial score (nSPS) is 16.5. The van der Waals surface area contributed by atoms with Crippen LogP contribution >= 0.6 is 0 Å². The molecule has 5 heteroatoms. The van der Waals surface area contributed by atoms with Crippen LogP contribution in [0, 0.1) is 0 Å². The molecule has 1 saturated carbocycles. The second-order valence-corrected chi connectivity index (χ2v) is 2.15. The number of rotatable bonds is 1. The van der Waals surface area contributed by atoms with Crippen molar-refractivity contribution in [3.8, 4) is 0 Å². The van der Waals surface area contributed by atoms with Crippen molar-refractivity contribution in [1.29, 1.82) is 0 Å². The molecule has 0 heterocycles. The van der Waals surface area contributed by atoms with Crippen LogP contribution in [0.25, 0.3) is 0 Å². The van der Waals surface area contributed by atoms with E-state index in [9.17, 15) is 0 Å². The Morgan fingerprint density at radius 1 is 1.10 bits per heavy atom. The minimum Gasteiger partial charge on any atom is -0.412 e. The van der Waals surface area contributed by atoms with E-state index >= 15 is 0 Å². The second kappa shape index (κ2) is 9.53. The van der Waals surface area contributed by atoms with Gasteiger partial charge in [0.1, 0.15) is 0 Å². The van der Waals surface area contributed by atoms with Crippen LogP contribution in [-0.2, 0) is 21.1 Å². The number of hydrogen-bond acceptors (Lipinski definition) is 2. The van der Waals surface area contributed by atoms with E-state index in [4.69, 9.17) is 5.84 Å². The van der Waals surface area contributed by atoms with E-state index in [1.807, 2.05) is 0 Å². The van der Waals surface area contributed by atoms with Crippen LogP contribution in [0.3, 0.4) is 0 Å². The predicted molar refractivity (Wildman–Crippen MR) is 36.8 cm³/mol. The molecule has 4 nitrogen and oxygen atoms in total. The van der Waals surface area contributed by atoms with Crippen LogP contribution in [0.5, 0.6) is 0 Å². The molecule has 0 atom stereocenters. The fourth-order valence-electron chi connectivity index (χ4n) is 1.09. The Hall–Kier alpha value is 0.528. The van der Waals surface area contributed by atoms with E-state index in [1.165, 1.54) is 25.7 Å². The van der Waals surface area contributed by atoms with E-state index in [2.05, 4.69) is 5.43 Å². The molecule has 0 unspecified atom stereocenters. The molecule has 0 bridgehead atoms. The summed E-state index contributed by atoms with van der Waals surface area (Å²) in [7, 11) is 0. The Morgan fingerprint density at radius 2 is 1.50 bits per heavy atom.